The Kier molecular flexibility index (Phi) is 5.11. The molecule has 0 aromatic heterocycles. The number of rotatable bonds is 3. The molecule has 0 bridgehead atoms. The van der Waals surface area contributed by atoms with E-state index >= 15 is 0 Å². The van der Waals surface area contributed by atoms with Gasteiger partial charge in [-0.2, -0.15) is 11.8 Å². The molecule has 0 radical (unpaired) electrons. The minimum Gasteiger partial charge on any atom is -0.374 e. The third-order valence-corrected chi connectivity index (χ3v) is 6.59. The minimum absolute atomic E-state index is 0.176. The molecule has 4 nitrogen and oxygen atoms in total. The minimum atomic E-state index is 0.176. The van der Waals surface area contributed by atoms with Crippen molar-refractivity contribution in [2.24, 2.45) is 0 Å². The molecule has 0 unspecified atom stereocenters. The molecule has 5 heteroatoms. The molecule has 0 aliphatic carbocycles. The summed E-state index contributed by atoms with van der Waals surface area (Å²) in [6.45, 7) is 3.23. The first-order valence-electron chi connectivity index (χ1n) is 9.08. The monoisotopic (exact) mass is 346 g/mol. The van der Waals surface area contributed by atoms with E-state index in [4.69, 9.17) is 4.74 Å². The fourth-order valence-electron chi connectivity index (χ4n) is 4.21. The molecular formula is C19H26N2O2S. The third kappa shape index (κ3) is 3.48. The van der Waals surface area contributed by atoms with Gasteiger partial charge in [0.1, 0.15) is 0 Å². The van der Waals surface area contributed by atoms with Crippen molar-refractivity contribution < 1.29 is 9.53 Å². The number of carbonyl (C=O) groups excluding carboxylic acids is 1. The van der Waals surface area contributed by atoms with Gasteiger partial charge < -0.3 is 9.64 Å². The second-order valence-corrected chi connectivity index (χ2v) is 8.26. The molecule has 0 N–H and O–H groups in total. The molecule has 24 heavy (non-hydrogen) atoms. The number of benzene rings is 1. The van der Waals surface area contributed by atoms with Gasteiger partial charge in [0.15, 0.2) is 0 Å². The second-order valence-electron chi connectivity index (χ2n) is 7.03. The molecular weight excluding hydrogens is 320 g/mol. The van der Waals surface area contributed by atoms with Crippen molar-refractivity contribution in [3.8, 4) is 0 Å². The molecule has 4 rings (SSSR count). The lowest BCUT2D eigenvalue weighted by molar-refractivity contribution is -0.133. The Morgan fingerprint density at radius 3 is 2.71 bits per heavy atom. The molecule has 3 heterocycles. The molecule has 1 aromatic carbocycles. The largest absolute Gasteiger partial charge is 0.374 e. The topological polar surface area (TPSA) is 32.8 Å². The van der Waals surface area contributed by atoms with E-state index < -0.39 is 0 Å². The van der Waals surface area contributed by atoms with Crippen LogP contribution in [-0.4, -0.2) is 65.1 Å². The summed E-state index contributed by atoms with van der Waals surface area (Å²) in [4.78, 5) is 17.3. The fourth-order valence-corrected chi connectivity index (χ4v) is 5.29. The van der Waals surface area contributed by atoms with Crippen LogP contribution in [0.3, 0.4) is 0 Å². The van der Waals surface area contributed by atoms with E-state index in [1.54, 1.807) is 0 Å². The van der Waals surface area contributed by atoms with Gasteiger partial charge in [0.25, 0.3) is 0 Å². The Hall–Kier alpha value is -1.04. The van der Waals surface area contributed by atoms with Gasteiger partial charge in [-0.1, -0.05) is 30.3 Å². The molecule has 3 aliphatic heterocycles. The molecule has 130 valence electrons. The summed E-state index contributed by atoms with van der Waals surface area (Å²) in [6.07, 6.45) is 3.24. The summed E-state index contributed by atoms with van der Waals surface area (Å²) in [7, 11) is 0. The molecule has 0 saturated carbocycles. The summed E-state index contributed by atoms with van der Waals surface area (Å²) in [5, 5.41) is 0. The molecule has 2 atom stereocenters. The van der Waals surface area contributed by atoms with Crippen LogP contribution in [0.1, 0.15) is 24.8 Å². The summed E-state index contributed by atoms with van der Waals surface area (Å²) in [5.41, 5.74) is 1.21. The number of fused-ring (bicyclic) bond motifs is 1. The van der Waals surface area contributed by atoms with Crippen LogP contribution in [0.15, 0.2) is 30.3 Å². The average Bonchev–Trinajstić information content (AvgIpc) is 2.99. The highest BCUT2D eigenvalue weighted by atomic mass is 32.2. The Bertz CT molecular complexity index is 562. The predicted octanol–water partition coefficient (Wildman–Crippen LogP) is 2.38. The fraction of sp³-hybridized carbons (Fsp3) is 0.632. The zero-order valence-corrected chi connectivity index (χ0v) is 14.9. The highest BCUT2D eigenvalue weighted by molar-refractivity contribution is 7.99. The molecule has 3 saturated heterocycles. The maximum atomic E-state index is 12.7. The van der Waals surface area contributed by atoms with E-state index in [0.29, 0.717) is 25.6 Å². The van der Waals surface area contributed by atoms with E-state index in [1.807, 2.05) is 18.2 Å². The molecule has 0 spiro atoms. The number of ether oxygens (including phenoxy) is 1. The highest BCUT2D eigenvalue weighted by Crippen LogP contribution is 2.30. The van der Waals surface area contributed by atoms with Gasteiger partial charge in [-0.25, -0.2) is 0 Å². The summed E-state index contributed by atoms with van der Waals surface area (Å²) in [5.74, 6) is 2.78. The average molecular weight is 346 g/mol. The SMILES string of the molecule is O=C1CCO[C@H]2CN(C3CCSCC3)C[C@@H]2N1Cc1ccccc1. The van der Waals surface area contributed by atoms with Crippen molar-refractivity contribution in [3.63, 3.8) is 0 Å². The lowest BCUT2D eigenvalue weighted by atomic mass is 10.1. The maximum Gasteiger partial charge on any atom is 0.225 e. The number of amides is 1. The molecule has 3 aliphatic rings. The number of thioether (sulfide) groups is 1. The summed E-state index contributed by atoms with van der Waals surface area (Å²) < 4.78 is 6.08. The smallest absolute Gasteiger partial charge is 0.225 e. The number of carbonyl (C=O) groups is 1. The van der Waals surface area contributed by atoms with Crippen LogP contribution in [0.4, 0.5) is 0 Å². The van der Waals surface area contributed by atoms with Crippen molar-refractivity contribution in [1.29, 1.82) is 0 Å². The lowest BCUT2D eigenvalue weighted by Gasteiger charge is -2.32. The van der Waals surface area contributed by atoms with Gasteiger partial charge >= 0.3 is 0 Å². The molecule has 1 aromatic rings. The Labute approximate surface area is 148 Å². The summed E-state index contributed by atoms with van der Waals surface area (Å²) >= 11 is 2.07. The van der Waals surface area contributed by atoms with Crippen LogP contribution < -0.4 is 0 Å². The first-order chi connectivity index (χ1) is 11.8. The zero-order chi connectivity index (χ0) is 16.4. The Balaban J connectivity index is 1.50. The van der Waals surface area contributed by atoms with E-state index in [1.165, 1.54) is 29.9 Å². The first kappa shape index (κ1) is 16.4. The Morgan fingerprint density at radius 2 is 1.92 bits per heavy atom. The quantitative estimate of drug-likeness (QED) is 0.841. The van der Waals surface area contributed by atoms with Crippen LogP contribution in [-0.2, 0) is 16.1 Å². The third-order valence-electron chi connectivity index (χ3n) is 5.54. The van der Waals surface area contributed by atoms with Gasteiger partial charge in [-0.05, 0) is 29.9 Å². The van der Waals surface area contributed by atoms with E-state index in [2.05, 4.69) is 33.7 Å². The first-order valence-corrected chi connectivity index (χ1v) is 10.2. The van der Waals surface area contributed by atoms with Crippen molar-refractivity contribution >= 4 is 17.7 Å². The molecule has 1 amide bonds. The lowest BCUT2D eigenvalue weighted by Crippen LogP contribution is -2.45. The number of hydrogen-bond donors (Lipinski definition) is 0. The van der Waals surface area contributed by atoms with Crippen LogP contribution in [0.5, 0.6) is 0 Å². The standard InChI is InChI=1S/C19H26N2O2S/c22-19-6-9-23-18-14-20(16-7-10-24-11-8-16)13-17(18)21(19)12-15-4-2-1-3-5-15/h1-5,16-18H,6-14H2/t17-,18-/m0/s1. The number of likely N-dealkylation sites (tertiary alicyclic amines) is 1. The predicted molar refractivity (Wildman–Crippen MR) is 97.1 cm³/mol. The zero-order valence-electron chi connectivity index (χ0n) is 14.1. The van der Waals surface area contributed by atoms with Crippen molar-refractivity contribution in [1.82, 2.24) is 9.80 Å². The van der Waals surface area contributed by atoms with Crippen LogP contribution >= 0.6 is 11.8 Å². The van der Waals surface area contributed by atoms with Crippen molar-refractivity contribution in [3.05, 3.63) is 35.9 Å². The van der Waals surface area contributed by atoms with Gasteiger partial charge in [0.2, 0.25) is 5.91 Å². The van der Waals surface area contributed by atoms with E-state index in [0.717, 1.165) is 13.1 Å². The van der Waals surface area contributed by atoms with Crippen molar-refractivity contribution in [2.45, 2.75) is 44.0 Å². The maximum absolute atomic E-state index is 12.7. The number of hydrogen-bond acceptors (Lipinski definition) is 4. The van der Waals surface area contributed by atoms with Crippen LogP contribution in [0, 0.1) is 0 Å². The Morgan fingerprint density at radius 1 is 1.12 bits per heavy atom. The van der Waals surface area contributed by atoms with Crippen LogP contribution in [0.25, 0.3) is 0 Å². The molecule has 3 fully saturated rings. The van der Waals surface area contributed by atoms with Crippen molar-refractivity contribution in [2.75, 3.05) is 31.2 Å². The summed E-state index contributed by atoms with van der Waals surface area (Å²) in [6, 6.07) is 11.2. The van der Waals surface area contributed by atoms with Gasteiger partial charge in [0, 0.05) is 25.7 Å². The second kappa shape index (κ2) is 7.46. The van der Waals surface area contributed by atoms with Gasteiger partial charge in [0.05, 0.1) is 25.2 Å². The van der Waals surface area contributed by atoms with Gasteiger partial charge in [-0.15, -0.1) is 0 Å². The van der Waals surface area contributed by atoms with E-state index in [-0.39, 0.29) is 18.1 Å². The highest BCUT2D eigenvalue weighted by Gasteiger charge is 2.43. The normalized spacial score (nSPS) is 29.5. The van der Waals surface area contributed by atoms with Crippen LogP contribution in [0.2, 0.25) is 0 Å². The van der Waals surface area contributed by atoms with E-state index in [9.17, 15) is 4.79 Å². The van der Waals surface area contributed by atoms with Gasteiger partial charge in [-0.3, -0.25) is 9.69 Å². The number of nitrogens with zero attached hydrogens (tertiary/aromatic N) is 2.